The van der Waals surface area contributed by atoms with Crippen molar-refractivity contribution in [1.82, 2.24) is 5.32 Å². The number of rotatable bonds is 9. The first-order valence-electron chi connectivity index (χ1n) is 6.05. The molecule has 1 amide bonds. The Morgan fingerprint density at radius 3 is 2.67 bits per heavy atom. The molecule has 0 aliphatic rings. The minimum atomic E-state index is 0.194. The number of hydrogen-bond donors (Lipinski definition) is 1. The molecular formula is C12H25NOS. The Morgan fingerprint density at radius 2 is 2.07 bits per heavy atom. The summed E-state index contributed by atoms with van der Waals surface area (Å²) in [6.07, 6.45) is 4.17. The van der Waals surface area contributed by atoms with E-state index in [-0.39, 0.29) is 5.91 Å². The highest BCUT2D eigenvalue weighted by Gasteiger charge is 1.99. The minimum Gasteiger partial charge on any atom is -0.355 e. The molecule has 0 aliphatic heterocycles. The van der Waals surface area contributed by atoms with Gasteiger partial charge in [0.1, 0.15) is 0 Å². The second kappa shape index (κ2) is 10.3. The molecular weight excluding hydrogens is 206 g/mol. The van der Waals surface area contributed by atoms with Gasteiger partial charge in [-0.25, -0.2) is 0 Å². The molecule has 0 radical (unpaired) electrons. The summed E-state index contributed by atoms with van der Waals surface area (Å²) in [4.78, 5) is 11.1. The van der Waals surface area contributed by atoms with Crippen LogP contribution in [0.3, 0.4) is 0 Å². The SMILES string of the molecule is CCCC(=O)NCCSCCC(C)CC. The van der Waals surface area contributed by atoms with Crippen molar-refractivity contribution in [3.8, 4) is 0 Å². The molecule has 0 rings (SSSR count). The van der Waals surface area contributed by atoms with E-state index in [2.05, 4.69) is 19.2 Å². The van der Waals surface area contributed by atoms with Gasteiger partial charge in [0.15, 0.2) is 0 Å². The first-order valence-corrected chi connectivity index (χ1v) is 7.20. The fraction of sp³-hybridized carbons (Fsp3) is 0.917. The number of nitrogens with one attached hydrogen (secondary N) is 1. The highest BCUT2D eigenvalue weighted by Crippen LogP contribution is 2.11. The van der Waals surface area contributed by atoms with Gasteiger partial charge in [0, 0.05) is 18.7 Å². The molecule has 0 saturated heterocycles. The molecule has 0 heterocycles. The molecule has 2 nitrogen and oxygen atoms in total. The van der Waals surface area contributed by atoms with Gasteiger partial charge in [-0.2, -0.15) is 11.8 Å². The lowest BCUT2D eigenvalue weighted by Gasteiger charge is -2.07. The van der Waals surface area contributed by atoms with Gasteiger partial charge in [0.2, 0.25) is 5.91 Å². The van der Waals surface area contributed by atoms with Crippen LogP contribution in [0.15, 0.2) is 0 Å². The van der Waals surface area contributed by atoms with Crippen LogP contribution in [0.1, 0.15) is 46.5 Å². The van der Waals surface area contributed by atoms with E-state index in [1.54, 1.807) is 0 Å². The lowest BCUT2D eigenvalue weighted by molar-refractivity contribution is -0.120. The Labute approximate surface area is 98.6 Å². The zero-order valence-electron chi connectivity index (χ0n) is 10.3. The molecule has 0 aromatic heterocycles. The number of thioether (sulfide) groups is 1. The molecule has 3 heteroatoms. The Bertz CT molecular complexity index is 162. The van der Waals surface area contributed by atoms with E-state index in [1.807, 2.05) is 18.7 Å². The molecule has 0 saturated carbocycles. The fourth-order valence-corrected chi connectivity index (χ4v) is 2.19. The van der Waals surface area contributed by atoms with Crippen LogP contribution in [-0.2, 0) is 4.79 Å². The Hall–Kier alpha value is -0.180. The zero-order valence-corrected chi connectivity index (χ0v) is 11.2. The third-order valence-corrected chi connectivity index (χ3v) is 3.51. The molecule has 90 valence electrons. The standard InChI is InChI=1S/C12H25NOS/c1-4-6-12(14)13-8-10-15-9-7-11(3)5-2/h11H,4-10H2,1-3H3,(H,13,14). The van der Waals surface area contributed by atoms with Gasteiger partial charge >= 0.3 is 0 Å². The summed E-state index contributed by atoms with van der Waals surface area (Å²) >= 11 is 1.94. The molecule has 15 heavy (non-hydrogen) atoms. The summed E-state index contributed by atoms with van der Waals surface area (Å²) in [5, 5.41) is 2.93. The van der Waals surface area contributed by atoms with Crippen LogP contribution in [0, 0.1) is 5.92 Å². The summed E-state index contributed by atoms with van der Waals surface area (Å²) in [5.41, 5.74) is 0. The van der Waals surface area contributed by atoms with Crippen LogP contribution in [0.2, 0.25) is 0 Å². The smallest absolute Gasteiger partial charge is 0.220 e. The topological polar surface area (TPSA) is 29.1 Å². The number of amides is 1. The first kappa shape index (κ1) is 14.8. The maximum absolute atomic E-state index is 11.1. The average molecular weight is 231 g/mol. The third kappa shape index (κ3) is 10.1. The van der Waals surface area contributed by atoms with E-state index in [1.165, 1.54) is 18.6 Å². The van der Waals surface area contributed by atoms with Crippen molar-refractivity contribution in [2.24, 2.45) is 5.92 Å². The summed E-state index contributed by atoms with van der Waals surface area (Å²) in [5.74, 6) is 3.30. The van der Waals surface area contributed by atoms with Crippen molar-refractivity contribution < 1.29 is 4.79 Å². The first-order chi connectivity index (χ1) is 7.20. The maximum atomic E-state index is 11.1. The van der Waals surface area contributed by atoms with Gasteiger partial charge in [-0.3, -0.25) is 4.79 Å². The van der Waals surface area contributed by atoms with Gasteiger partial charge < -0.3 is 5.32 Å². The molecule has 0 fully saturated rings. The van der Waals surface area contributed by atoms with Gasteiger partial charge in [0.05, 0.1) is 0 Å². The van der Waals surface area contributed by atoms with Crippen molar-refractivity contribution in [2.45, 2.75) is 46.5 Å². The quantitative estimate of drug-likeness (QED) is 0.618. The lowest BCUT2D eigenvalue weighted by Crippen LogP contribution is -2.25. The van der Waals surface area contributed by atoms with Gasteiger partial charge in [-0.15, -0.1) is 0 Å². The molecule has 1 atom stereocenters. The van der Waals surface area contributed by atoms with Crippen LogP contribution >= 0.6 is 11.8 Å². The van der Waals surface area contributed by atoms with Crippen molar-refractivity contribution >= 4 is 17.7 Å². The monoisotopic (exact) mass is 231 g/mol. The summed E-state index contributed by atoms with van der Waals surface area (Å²) < 4.78 is 0. The van der Waals surface area contributed by atoms with Crippen molar-refractivity contribution in [2.75, 3.05) is 18.1 Å². The molecule has 0 aromatic carbocycles. The Balaban J connectivity index is 3.14. The Kier molecular flexibility index (Phi) is 10.2. The van der Waals surface area contributed by atoms with Crippen LogP contribution in [0.5, 0.6) is 0 Å². The molecule has 0 aromatic rings. The van der Waals surface area contributed by atoms with Gasteiger partial charge in [-0.05, 0) is 24.5 Å². The van der Waals surface area contributed by atoms with E-state index < -0.39 is 0 Å². The van der Waals surface area contributed by atoms with Crippen molar-refractivity contribution in [3.05, 3.63) is 0 Å². The third-order valence-electron chi connectivity index (χ3n) is 2.50. The molecule has 0 bridgehead atoms. The summed E-state index contributed by atoms with van der Waals surface area (Å²) in [7, 11) is 0. The predicted octanol–water partition coefficient (Wildman–Crippen LogP) is 3.07. The molecule has 1 N–H and O–H groups in total. The van der Waals surface area contributed by atoms with Crippen LogP contribution in [-0.4, -0.2) is 24.0 Å². The van der Waals surface area contributed by atoms with E-state index in [0.29, 0.717) is 6.42 Å². The number of hydrogen-bond acceptors (Lipinski definition) is 2. The number of carbonyl (C=O) groups excluding carboxylic acids is 1. The highest BCUT2D eigenvalue weighted by molar-refractivity contribution is 7.99. The molecule has 0 spiro atoms. The van der Waals surface area contributed by atoms with Crippen LogP contribution in [0.25, 0.3) is 0 Å². The van der Waals surface area contributed by atoms with E-state index >= 15 is 0 Å². The second-order valence-electron chi connectivity index (χ2n) is 4.01. The summed E-state index contributed by atoms with van der Waals surface area (Å²) in [6, 6.07) is 0. The van der Waals surface area contributed by atoms with Crippen LogP contribution in [0.4, 0.5) is 0 Å². The fourth-order valence-electron chi connectivity index (χ4n) is 1.17. The normalized spacial score (nSPS) is 12.5. The van der Waals surface area contributed by atoms with Gasteiger partial charge in [-0.1, -0.05) is 27.2 Å². The summed E-state index contributed by atoms with van der Waals surface area (Å²) in [6.45, 7) is 7.38. The van der Waals surface area contributed by atoms with E-state index in [9.17, 15) is 4.79 Å². The molecule has 1 unspecified atom stereocenters. The maximum Gasteiger partial charge on any atom is 0.220 e. The van der Waals surface area contributed by atoms with Crippen molar-refractivity contribution in [3.63, 3.8) is 0 Å². The Morgan fingerprint density at radius 1 is 1.33 bits per heavy atom. The largest absolute Gasteiger partial charge is 0.355 e. The minimum absolute atomic E-state index is 0.194. The van der Waals surface area contributed by atoms with Crippen molar-refractivity contribution in [1.29, 1.82) is 0 Å². The van der Waals surface area contributed by atoms with Gasteiger partial charge in [0.25, 0.3) is 0 Å². The average Bonchev–Trinajstić information content (AvgIpc) is 2.23. The van der Waals surface area contributed by atoms with Crippen LogP contribution < -0.4 is 5.32 Å². The predicted molar refractivity (Wildman–Crippen MR) is 69.3 cm³/mol. The van der Waals surface area contributed by atoms with E-state index in [0.717, 1.165) is 24.6 Å². The molecule has 0 aliphatic carbocycles. The highest BCUT2D eigenvalue weighted by atomic mass is 32.2. The number of carbonyl (C=O) groups is 1. The van der Waals surface area contributed by atoms with E-state index in [4.69, 9.17) is 0 Å². The second-order valence-corrected chi connectivity index (χ2v) is 5.24. The zero-order chi connectivity index (χ0) is 11.5. The lowest BCUT2D eigenvalue weighted by atomic mass is 10.1.